The van der Waals surface area contributed by atoms with Crippen molar-refractivity contribution < 1.29 is 9.53 Å². The number of ether oxygens (including phenoxy) is 1. The second kappa shape index (κ2) is 6.50. The van der Waals surface area contributed by atoms with Gasteiger partial charge in [0.1, 0.15) is 11.3 Å². The second-order valence-corrected chi connectivity index (χ2v) is 6.65. The molecule has 3 rings (SSSR count). The summed E-state index contributed by atoms with van der Waals surface area (Å²) in [6.07, 6.45) is 1.84. The third kappa shape index (κ3) is 3.07. The van der Waals surface area contributed by atoms with Gasteiger partial charge < -0.3 is 10.1 Å². The Hall–Kier alpha value is -1.51. The first kappa shape index (κ1) is 14.4. The molecule has 1 aromatic rings. The number of aryl methyl sites for hydroxylation is 1. The summed E-state index contributed by atoms with van der Waals surface area (Å²) in [6, 6.07) is 9.85. The number of fused-ring (bicyclic) bond motifs is 1. The SMILES string of the molecule is N#C[C@H](NC(=O)[C@H]1SCCc2ccccc21)[C@H]1CCOC1. The minimum atomic E-state index is -0.449. The molecule has 21 heavy (non-hydrogen) atoms. The number of thioether (sulfide) groups is 1. The molecule has 1 fully saturated rings. The van der Waals surface area contributed by atoms with Gasteiger partial charge in [0.2, 0.25) is 5.91 Å². The molecule has 2 heterocycles. The molecule has 2 aliphatic heterocycles. The summed E-state index contributed by atoms with van der Waals surface area (Å²) in [4.78, 5) is 12.6. The highest BCUT2D eigenvalue weighted by Gasteiger charge is 2.32. The third-order valence-electron chi connectivity index (χ3n) is 4.10. The molecule has 0 unspecified atom stereocenters. The number of carbonyl (C=O) groups excluding carboxylic acids is 1. The van der Waals surface area contributed by atoms with Crippen molar-refractivity contribution in [2.75, 3.05) is 19.0 Å². The van der Waals surface area contributed by atoms with Crippen LogP contribution in [0.15, 0.2) is 24.3 Å². The number of benzene rings is 1. The van der Waals surface area contributed by atoms with Crippen molar-refractivity contribution in [1.82, 2.24) is 5.32 Å². The van der Waals surface area contributed by atoms with Gasteiger partial charge in [0, 0.05) is 12.5 Å². The summed E-state index contributed by atoms with van der Waals surface area (Å²) < 4.78 is 5.32. The van der Waals surface area contributed by atoms with Crippen LogP contribution < -0.4 is 5.32 Å². The van der Waals surface area contributed by atoms with E-state index < -0.39 is 6.04 Å². The van der Waals surface area contributed by atoms with Crippen molar-refractivity contribution in [2.45, 2.75) is 24.1 Å². The van der Waals surface area contributed by atoms with Gasteiger partial charge in [-0.05, 0) is 29.7 Å². The summed E-state index contributed by atoms with van der Waals surface area (Å²) in [5, 5.41) is 12.0. The molecular formula is C16H18N2O2S. The van der Waals surface area contributed by atoms with E-state index in [9.17, 15) is 10.1 Å². The summed E-state index contributed by atoms with van der Waals surface area (Å²) in [6.45, 7) is 1.24. The second-order valence-electron chi connectivity index (χ2n) is 5.44. The maximum absolute atomic E-state index is 12.6. The van der Waals surface area contributed by atoms with Gasteiger partial charge in [-0.25, -0.2) is 0 Å². The maximum Gasteiger partial charge on any atom is 0.238 e. The lowest BCUT2D eigenvalue weighted by atomic mass is 9.98. The van der Waals surface area contributed by atoms with Crippen LogP contribution in [0.2, 0.25) is 0 Å². The lowest BCUT2D eigenvalue weighted by Crippen LogP contribution is -2.42. The Morgan fingerprint density at radius 2 is 2.33 bits per heavy atom. The molecule has 1 aromatic carbocycles. The summed E-state index contributed by atoms with van der Waals surface area (Å²) >= 11 is 1.66. The van der Waals surface area contributed by atoms with E-state index in [0.717, 1.165) is 24.2 Å². The third-order valence-corrected chi connectivity index (χ3v) is 5.35. The summed E-state index contributed by atoms with van der Waals surface area (Å²) in [7, 11) is 0. The zero-order valence-corrected chi connectivity index (χ0v) is 12.6. The van der Waals surface area contributed by atoms with Crippen molar-refractivity contribution in [3.63, 3.8) is 0 Å². The Bertz CT molecular complexity index is 564. The van der Waals surface area contributed by atoms with Crippen LogP contribution in [0, 0.1) is 17.2 Å². The quantitative estimate of drug-likeness (QED) is 0.928. The van der Waals surface area contributed by atoms with Crippen LogP contribution in [0.3, 0.4) is 0 Å². The predicted molar refractivity (Wildman–Crippen MR) is 81.8 cm³/mol. The Morgan fingerprint density at radius 3 is 3.10 bits per heavy atom. The molecule has 0 saturated carbocycles. The van der Waals surface area contributed by atoms with Crippen LogP contribution >= 0.6 is 11.8 Å². The fraction of sp³-hybridized carbons (Fsp3) is 0.500. The highest BCUT2D eigenvalue weighted by Crippen LogP contribution is 2.37. The zero-order valence-electron chi connectivity index (χ0n) is 11.7. The average Bonchev–Trinajstić information content (AvgIpc) is 3.06. The Labute approximate surface area is 128 Å². The van der Waals surface area contributed by atoms with E-state index in [4.69, 9.17) is 4.74 Å². The topological polar surface area (TPSA) is 62.1 Å². The molecule has 1 N–H and O–H groups in total. The number of hydrogen-bond acceptors (Lipinski definition) is 4. The number of rotatable bonds is 3. The lowest BCUT2D eigenvalue weighted by Gasteiger charge is -2.26. The van der Waals surface area contributed by atoms with Gasteiger partial charge in [-0.15, -0.1) is 11.8 Å². The normalized spacial score (nSPS) is 25.7. The van der Waals surface area contributed by atoms with Crippen molar-refractivity contribution in [3.05, 3.63) is 35.4 Å². The van der Waals surface area contributed by atoms with Crippen molar-refractivity contribution in [3.8, 4) is 6.07 Å². The van der Waals surface area contributed by atoms with Gasteiger partial charge in [-0.2, -0.15) is 5.26 Å². The van der Waals surface area contributed by atoms with Gasteiger partial charge in [-0.3, -0.25) is 4.79 Å². The first-order valence-electron chi connectivity index (χ1n) is 7.26. The van der Waals surface area contributed by atoms with E-state index >= 15 is 0 Å². The number of hydrogen-bond donors (Lipinski definition) is 1. The van der Waals surface area contributed by atoms with Crippen molar-refractivity contribution in [1.29, 1.82) is 5.26 Å². The molecule has 1 saturated heterocycles. The van der Waals surface area contributed by atoms with Crippen LogP contribution in [-0.4, -0.2) is 30.9 Å². The van der Waals surface area contributed by atoms with Gasteiger partial charge in [0.25, 0.3) is 0 Å². The Kier molecular flexibility index (Phi) is 4.47. The highest BCUT2D eigenvalue weighted by molar-refractivity contribution is 8.00. The number of carbonyl (C=O) groups is 1. The molecule has 2 aliphatic rings. The molecule has 0 bridgehead atoms. The van der Waals surface area contributed by atoms with Crippen LogP contribution in [0.1, 0.15) is 22.8 Å². The number of nitriles is 1. The van der Waals surface area contributed by atoms with Crippen LogP contribution in [-0.2, 0) is 16.0 Å². The minimum absolute atomic E-state index is 0.0504. The molecule has 110 valence electrons. The molecular weight excluding hydrogens is 284 g/mol. The molecule has 0 spiro atoms. The van der Waals surface area contributed by atoms with E-state index in [0.29, 0.717) is 13.2 Å². The smallest absolute Gasteiger partial charge is 0.238 e. The largest absolute Gasteiger partial charge is 0.381 e. The molecule has 0 radical (unpaired) electrons. The summed E-state index contributed by atoms with van der Waals surface area (Å²) in [5.74, 6) is 1.01. The van der Waals surface area contributed by atoms with Gasteiger partial charge in [-0.1, -0.05) is 24.3 Å². The van der Waals surface area contributed by atoms with Crippen molar-refractivity contribution >= 4 is 17.7 Å². The number of amides is 1. The zero-order chi connectivity index (χ0) is 14.7. The standard InChI is InChI=1S/C16H18N2O2S/c17-9-14(12-5-7-20-10-12)18-16(19)15-13-4-2-1-3-11(13)6-8-21-15/h1-4,12,14-15H,5-8,10H2,(H,18,19)/t12-,14-,15-/m0/s1. The van der Waals surface area contributed by atoms with Crippen LogP contribution in [0.4, 0.5) is 0 Å². The highest BCUT2D eigenvalue weighted by atomic mass is 32.2. The van der Waals surface area contributed by atoms with E-state index in [1.54, 1.807) is 11.8 Å². The van der Waals surface area contributed by atoms with Gasteiger partial charge >= 0.3 is 0 Å². The molecule has 0 aromatic heterocycles. The monoisotopic (exact) mass is 302 g/mol. The average molecular weight is 302 g/mol. The van der Waals surface area contributed by atoms with E-state index in [-0.39, 0.29) is 17.1 Å². The fourth-order valence-corrected chi connectivity index (χ4v) is 4.11. The number of nitrogens with one attached hydrogen (secondary N) is 1. The molecule has 1 amide bonds. The van der Waals surface area contributed by atoms with E-state index in [1.807, 2.05) is 18.2 Å². The summed E-state index contributed by atoms with van der Waals surface area (Å²) in [5.41, 5.74) is 2.33. The molecule has 3 atom stereocenters. The van der Waals surface area contributed by atoms with Gasteiger partial charge in [0.05, 0.1) is 12.7 Å². The van der Waals surface area contributed by atoms with Crippen LogP contribution in [0.25, 0.3) is 0 Å². The predicted octanol–water partition coefficient (Wildman–Crippen LogP) is 2.06. The molecule has 5 heteroatoms. The minimum Gasteiger partial charge on any atom is -0.381 e. The van der Waals surface area contributed by atoms with Gasteiger partial charge in [0.15, 0.2) is 0 Å². The van der Waals surface area contributed by atoms with E-state index in [2.05, 4.69) is 17.5 Å². The molecule has 4 nitrogen and oxygen atoms in total. The maximum atomic E-state index is 12.6. The molecule has 0 aliphatic carbocycles. The Balaban J connectivity index is 1.72. The van der Waals surface area contributed by atoms with E-state index in [1.165, 1.54) is 5.56 Å². The number of nitrogens with zero attached hydrogens (tertiary/aromatic N) is 1. The van der Waals surface area contributed by atoms with Crippen LogP contribution in [0.5, 0.6) is 0 Å². The lowest BCUT2D eigenvalue weighted by molar-refractivity contribution is -0.121. The van der Waals surface area contributed by atoms with Crippen molar-refractivity contribution in [2.24, 2.45) is 5.92 Å². The fourth-order valence-electron chi connectivity index (χ4n) is 2.91. The first-order chi connectivity index (χ1) is 10.3. The first-order valence-corrected chi connectivity index (χ1v) is 8.31. The Morgan fingerprint density at radius 1 is 1.48 bits per heavy atom.